The molecule has 127 valence electrons. The van der Waals surface area contributed by atoms with Gasteiger partial charge in [-0.05, 0) is 60.4 Å². The minimum atomic E-state index is 0.143. The maximum atomic E-state index is 11.8. The number of benzene rings is 3. The SMILES string of the molecule is Cc1cc(SCc2ccc(OCc3ccccc3)cc2)cc(C)c1[O]. The quantitative estimate of drug-likeness (QED) is 0.487. The lowest BCUT2D eigenvalue weighted by Crippen LogP contribution is -1.95. The number of hydrogen-bond acceptors (Lipinski definition) is 2. The van der Waals surface area contributed by atoms with Gasteiger partial charge in [0.15, 0.2) is 5.75 Å². The summed E-state index contributed by atoms with van der Waals surface area (Å²) in [4.78, 5) is 1.14. The fourth-order valence-electron chi connectivity index (χ4n) is 2.58. The molecule has 0 unspecified atom stereocenters. The summed E-state index contributed by atoms with van der Waals surface area (Å²) in [6.45, 7) is 4.32. The van der Waals surface area contributed by atoms with Crippen LogP contribution in [0.25, 0.3) is 0 Å². The zero-order chi connectivity index (χ0) is 17.6. The lowest BCUT2D eigenvalue weighted by molar-refractivity contribution is 0.306. The molecule has 0 saturated heterocycles. The van der Waals surface area contributed by atoms with E-state index in [4.69, 9.17) is 4.74 Å². The third-order valence-electron chi connectivity index (χ3n) is 4.01. The smallest absolute Gasteiger partial charge is 0.184 e. The van der Waals surface area contributed by atoms with Gasteiger partial charge in [0.05, 0.1) is 0 Å². The Hall–Kier alpha value is -2.39. The van der Waals surface area contributed by atoms with Crippen molar-refractivity contribution >= 4 is 11.8 Å². The Morgan fingerprint density at radius 2 is 1.48 bits per heavy atom. The van der Waals surface area contributed by atoms with E-state index in [1.54, 1.807) is 11.8 Å². The largest absolute Gasteiger partial charge is 0.489 e. The van der Waals surface area contributed by atoms with E-state index in [1.807, 2.05) is 56.3 Å². The van der Waals surface area contributed by atoms with Gasteiger partial charge in [0.1, 0.15) is 12.4 Å². The number of rotatable bonds is 6. The fourth-order valence-corrected chi connectivity index (χ4v) is 3.63. The molecule has 25 heavy (non-hydrogen) atoms. The molecule has 3 aromatic carbocycles. The van der Waals surface area contributed by atoms with Crippen molar-refractivity contribution in [2.45, 2.75) is 31.1 Å². The number of thioether (sulfide) groups is 1. The normalized spacial score (nSPS) is 10.6. The molecule has 1 radical (unpaired) electrons. The van der Waals surface area contributed by atoms with Gasteiger partial charge in [0, 0.05) is 10.6 Å². The van der Waals surface area contributed by atoms with Gasteiger partial charge in [-0.25, -0.2) is 0 Å². The lowest BCUT2D eigenvalue weighted by atomic mass is 10.1. The molecule has 3 rings (SSSR count). The molecule has 2 nitrogen and oxygen atoms in total. The van der Waals surface area contributed by atoms with Crippen molar-refractivity contribution in [3.8, 4) is 11.5 Å². The first kappa shape index (κ1) is 17.4. The summed E-state index contributed by atoms with van der Waals surface area (Å²) in [5.41, 5.74) is 4.02. The summed E-state index contributed by atoms with van der Waals surface area (Å²) in [5, 5.41) is 11.8. The van der Waals surface area contributed by atoms with Gasteiger partial charge < -0.3 is 4.74 Å². The Kier molecular flexibility index (Phi) is 5.67. The van der Waals surface area contributed by atoms with Crippen molar-refractivity contribution in [2.75, 3.05) is 0 Å². The molecule has 3 heteroatoms. The van der Waals surface area contributed by atoms with E-state index in [2.05, 4.69) is 24.3 Å². The van der Waals surface area contributed by atoms with Gasteiger partial charge in [-0.15, -0.1) is 11.8 Å². The van der Waals surface area contributed by atoms with Crippen molar-refractivity contribution in [1.29, 1.82) is 0 Å². The zero-order valence-electron chi connectivity index (χ0n) is 14.5. The molecular weight excluding hydrogens is 328 g/mol. The second kappa shape index (κ2) is 8.13. The van der Waals surface area contributed by atoms with Crippen LogP contribution in [0.5, 0.6) is 11.5 Å². The van der Waals surface area contributed by atoms with E-state index in [0.29, 0.717) is 6.61 Å². The highest BCUT2D eigenvalue weighted by molar-refractivity contribution is 7.98. The maximum Gasteiger partial charge on any atom is 0.184 e. The van der Waals surface area contributed by atoms with Gasteiger partial charge in [0.25, 0.3) is 0 Å². The topological polar surface area (TPSA) is 29.1 Å². The van der Waals surface area contributed by atoms with E-state index in [0.717, 1.165) is 33.1 Å². The van der Waals surface area contributed by atoms with Crippen molar-refractivity contribution in [1.82, 2.24) is 0 Å². The Bertz CT molecular complexity index is 803. The van der Waals surface area contributed by atoms with Crippen molar-refractivity contribution in [3.63, 3.8) is 0 Å². The molecule has 0 heterocycles. The monoisotopic (exact) mass is 349 g/mol. The van der Waals surface area contributed by atoms with Gasteiger partial charge >= 0.3 is 0 Å². The van der Waals surface area contributed by atoms with Crippen LogP contribution in [0, 0.1) is 13.8 Å². The van der Waals surface area contributed by atoms with E-state index >= 15 is 0 Å². The highest BCUT2D eigenvalue weighted by Gasteiger charge is 2.06. The summed E-state index contributed by atoms with van der Waals surface area (Å²) < 4.78 is 5.81. The van der Waals surface area contributed by atoms with Gasteiger partial charge in [-0.3, -0.25) is 5.11 Å². The molecule has 0 N–H and O–H groups in total. The van der Waals surface area contributed by atoms with Crippen molar-refractivity contribution < 1.29 is 9.84 Å². The highest BCUT2D eigenvalue weighted by atomic mass is 32.2. The van der Waals surface area contributed by atoms with Gasteiger partial charge in [-0.2, -0.15) is 0 Å². The van der Waals surface area contributed by atoms with E-state index in [1.165, 1.54) is 5.56 Å². The first-order chi connectivity index (χ1) is 12.1. The molecule has 0 atom stereocenters. The average molecular weight is 349 g/mol. The first-order valence-electron chi connectivity index (χ1n) is 8.28. The van der Waals surface area contributed by atoms with Crippen molar-refractivity contribution in [3.05, 3.63) is 89.0 Å². The first-order valence-corrected chi connectivity index (χ1v) is 9.27. The Labute approximate surface area is 153 Å². The highest BCUT2D eigenvalue weighted by Crippen LogP contribution is 2.31. The van der Waals surface area contributed by atoms with E-state index < -0.39 is 0 Å². The standard InChI is InChI=1S/C22H21O2S/c1-16-12-21(13-17(2)22(16)23)25-15-19-8-10-20(11-9-19)24-14-18-6-4-3-5-7-18/h3-13H,14-15H2,1-2H3. The molecule has 0 aromatic heterocycles. The van der Waals surface area contributed by atoms with Crippen LogP contribution in [-0.4, -0.2) is 0 Å². The molecule has 0 amide bonds. The van der Waals surface area contributed by atoms with Crippen LogP contribution in [-0.2, 0) is 17.5 Å². The maximum absolute atomic E-state index is 11.8. The molecular formula is C22H21O2S. The van der Waals surface area contributed by atoms with Crippen LogP contribution in [0.1, 0.15) is 22.3 Å². The number of aryl methyl sites for hydroxylation is 2. The second-order valence-corrected chi connectivity index (χ2v) is 7.14. The van der Waals surface area contributed by atoms with Gasteiger partial charge in [0.2, 0.25) is 0 Å². The molecule has 0 aliphatic rings. The molecule has 0 aliphatic carbocycles. The number of hydrogen-bond donors (Lipinski definition) is 0. The Balaban J connectivity index is 1.56. The summed E-state index contributed by atoms with van der Waals surface area (Å²) >= 11 is 1.75. The molecule has 0 spiro atoms. The minimum Gasteiger partial charge on any atom is -0.489 e. The van der Waals surface area contributed by atoms with Crippen molar-refractivity contribution in [2.24, 2.45) is 0 Å². The van der Waals surface area contributed by atoms with Crippen LogP contribution in [0.2, 0.25) is 0 Å². The molecule has 0 fully saturated rings. The predicted octanol–water partition coefficient (Wildman–Crippen LogP) is 6.32. The minimum absolute atomic E-state index is 0.143. The summed E-state index contributed by atoms with van der Waals surface area (Å²) in [6, 6.07) is 22.3. The second-order valence-electron chi connectivity index (χ2n) is 6.09. The summed E-state index contributed by atoms with van der Waals surface area (Å²) in [5.74, 6) is 1.89. The van der Waals surface area contributed by atoms with E-state index in [9.17, 15) is 5.11 Å². The third kappa shape index (κ3) is 4.80. The fraction of sp³-hybridized carbons (Fsp3) is 0.182. The van der Waals surface area contributed by atoms with Crippen LogP contribution in [0.15, 0.2) is 71.6 Å². The van der Waals surface area contributed by atoms with Crippen LogP contribution < -0.4 is 4.74 Å². The summed E-state index contributed by atoms with van der Waals surface area (Å²) in [7, 11) is 0. The molecule has 3 aromatic rings. The number of ether oxygens (including phenoxy) is 1. The average Bonchev–Trinajstić information content (AvgIpc) is 2.64. The van der Waals surface area contributed by atoms with E-state index in [-0.39, 0.29) is 5.75 Å². The Morgan fingerprint density at radius 1 is 0.840 bits per heavy atom. The summed E-state index contributed by atoms with van der Waals surface area (Å²) in [6.07, 6.45) is 0. The zero-order valence-corrected chi connectivity index (χ0v) is 15.3. The van der Waals surface area contributed by atoms with Gasteiger partial charge in [-0.1, -0.05) is 42.5 Å². The molecule has 0 aliphatic heterocycles. The molecule has 0 saturated carbocycles. The predicted molar refractivity (Wildman–Crippen MR) is 103 cm³/mol. The third-order valence-corrected chi connectivity index (χ3v) is 5.06. The van der Waals surface area contributed by atoms with Crippen LogP contribution in [0.3, 0.4) is 0 Å². The lowest BCUT2D eigenvalue weighted by Gasteiger charge is -2.08. The van der Waals surface area contributed by atoms with Crippen LogP contribution in [0.4, 0.5) is 0 Å². The van der Waals surface area contributed by atoms with Crippen LogP contribution >= 0.6 is 11.8 Å². The Morgan fingerprint density at radius 3 is 2.12 bits per heavy atom. The molecule has 0 bridgehead atoms.